The summed E-state index contributed by atoms with van der Waals surface area (Å²) >= 11 is 0. The largest absolute Gasteiger partial charge is 0.346 e. The lowest BCUT2D eigenvalue weighted by Gasteiger charge is -2.26. The molecule has 25 heavy (non-hydrogen) atoms. The highest BCUT2D eigenvalue weighted by atomic mass is 19.1. The molecule has 0 radical (unpaired) electrons. The standard InChI is InChI=1S/C19H25FN4O/c1-24(19(25)14-7-9-21-10-8-14)11-3-6-17-13-18(23-22-17)15-4-2-5-16(20)12-15/h2,4-5,12-14,21H,3,6-11H2,1H3,(H,22,23). The van der Waals surface area contributed by atoms with E-state index in [-0.39, 0.29) is 17.6 Å². The van der Waals surface area contributed by atoms with Crippen LogP contribution in [-0.2, 0) is 11.2 Å². The summed E-state index contributed by atoms with van der Waals surface area (Å²) in [5, 5.41) is 10.5. The molecule has 1 saturated heterocycles. The number of piperidine rings is 1. The number of hydrogen-bond acceptors (Lipinski definition) is 3. The summed E-state index contributed by atoms with van der Waals surface area (Å²) in [7, 11) is 1.88. The van der Waals surface area contributed by atoms with E-state index >= 15 is 0 Å². The minimum absolute atomic E-state index is 0.165. The third-order valence-corrected chi connectivity index (χ3v) is 4.76. The van der Waals surface area contributed by atoms with Crippen LogP contribution < -0.4 is 5.32 Å². The first-order valence-electron chi connectivity index (χ1n) is 8.89. The lowest BCUT2D eigenvalue weighted by Crippen LogP contribution is -2.39. The molecule has 1 aliphatic heterocycles. The second-order valence-corrected chi connectivity index (χ2v) is 6.68. The smallest absolute Gasteiger partial charge is 0.225 e. The van der Waals surface area contributed by atoms with E-state index in [1.165, 1.54) is 12.1 Å². The molecule has 0 bridgehead atoms. The Kier molecular flexibility index (Phi) is 5.81. The van der Waals surface area contributed by atoms with Gasteiger partial charge in [0.2, 0.25) is 5.91 Å². The van der Waals surface area contributed by atoms with Crippen LogP contribution in [-0.4, -0.2) is 47.7 Å². The monoisotopic (exact) mass is 344 g/mol. The van der Waals surface area contributed by atoms with Crippen molar-refractivity contribution < 1.29 is 9.18 Å². The number of hydrogen-bond donors (Lipinski definition) is 2. The van der Waals surface area contributed by atoms with Crippen molar-refractivity contribution in [2.24, 2.45) is 5.92 Å². The summed E-state index contributed by atoms with van der Waals surface area (Å²) in [4.78, 5) is 14.3. The van der Waals surface area contributed by atoms with E-state index in [1.54, 1.807) is 6.07 Å². The zero-order valence-corrected chi connectivity index (χ0v) is 14.6. The molecule has 1 fully saturated rings. The maximum absolute atomic E-state index is 13.3. The lowest BCUT2D eigenvalue weighted by molar-refractivity contribution is -0.135. The van der Waals surface area contributed by atoms with Crippen LogP contribution in [0.5, 0.6) is 0 Å². The quantitative estimate of drug-likeness (QED) is 0.847. The number of benzene rings is 1. The summed E-state index contributed by atoms with van der Waals surface area (Å²) < 4.78 is 13.3. The summed E-state index contributed by atoms with van der Waals surface area (Å²) in [6, 6.07) is 8.37. The highest BCUT2D eigenvalue weighted by Gasteiger charge is 2.23. The average molecular weight is 344 g/mol. The Morgan fingerprint density at radius 2 is 2.12 bits per heavy atom. The zero-order chi connectivity index (χ0) is 17.6. The molecule has 134 valence electrons. The second-order valence-electron chi connectivity index (χ2n) is 6.68. The molecular formula is C19H25FN4O. The van der Waals surface area contributed by atoms with Gasteiger partial charge in [0.1, 0.15) is 5.82 Å². The third kappa shape index (κ3) is 4.66. The Morgan fingerprint density at radius 1 is 1.32 bits per heavy atom. The van der Waals surface area contributed by atoms with Crippen LogP contribution in [0.3, 0.4) is 0 Å². The van der Waals surface area contributed by atoms with Gasteiger partial charge >= 0.3 is 0 Å². The van der Waals surface area contributed by atoms with Crippen molar-refractivity contribution >= 4 is 5.91 Å². The van der Waals surface area contributed by atoms with Gasteiger partial charge in [-0.25, -0.2) is 4.39 Å². The van der Waals surface area contributed by atoms with Crippen molar-refractivity contribution in [2.75, 3.05) is 26.7 Å². The molecule has 1 amide bonds. The van der Waals surface area contributed by atoms with Gasteiger partial charge in [0.25, 0.3) is 0 Å². The summed E-state index contributed by atoms with van der Waals surface area (Å²) in [6.07, 6.45) is 3.55. The number of aromatic nitrogens is 2. The SMILES string of the molecule is CN(CCCc1cc(-c2cccc(F)c2)n[nH]1)C(=O)C1CCNCC1. The van der Waals surface area contributed by atoms with Gasteiger partial charge in [0, 0.05) is 30.8 Å². The maximum atomic E-state index is 13.3. The second kappa shape index (κ2) is 8.25. The summed E-state index contributed by atoms with van der Waals surface area (Å²) in [5.41, 5.74) is 2.51. The van der Waals surface area contributed by atoms with E-state index in [9.17, 15) is 9.18 Å². The van der Waals surface area contributed by atoms with Crippen LogP contribution in [0.25, 0.3) is 11.3 Å². The van der Waals surface area contributed by atoms with Gasteiger partial charge in [0.05, 0.1) is 5.69 Å². The molecule has 2 heterocycles. The van der Waals surface area contributed by atoms with Crippen LogP contribution in [0, 0.1) is 11.7 Å². The number of rotatable bonds is 6. The van der Waals surface area contributed by atoms with Crippen molar-refractivity contribution in [3.63, 3.8) is 0 Å². The topological polar surface area (TPSA) is 61.0 Å². The first-order chi connectivity index (χ1) is 12.1. The van der Waals surface area contributed by atoms with Gasteiger partial charge in [-0.2, -0.15) is 5.10 Å². The molecule has 5 nitrogen and oxygen atoms in total. The lowest BCUT2D eigenvalue weighted by atomic mass is 9.96. The predicted octanol–water partition coefficient (Wildman–Crippen LogP) is 2.61. The van der Waals surface area contributed by atoms with Crippen LogP contribution in [0.1, 0.15) is 25.0 Å². The number of nitrogens with zero attached hydrogens (tertiary/aromatic N) is 2. The van der Waals surface area contributed by atoms with Gasteiger partial charge in [-0.1, -0.05) is 12.1 Å². The zero-order valence-electron chi connectivity index (χ0n) is 14.6. The highest BCUT2D eigenvalue weighted by Crippen LogP contribution is 2.19. The number of carbonyl (C=O) groups excluding carboxylic acids is 1. The van der Waals surface area contributed by atoms with E-state index in [4.69, 9.17) is 0 Å². The molecule has 0 saturated carbocycles. The van der Waals surface area contributed by atoms with Crippen molar-refractivity contribution in [1.82, 2.24) is 20.4 Å². The highest BCUT2D eigenvalue weighted by molar-refractivity contribution is 5.78. The summed E-state index contributed by atoms with van der Waals surface area (Å²) in [5.74, 6) is 0.157. The molecule has 1 aromatic carbocycles. The number of carbonyl (C=O) groups is 1. The van der Waals surface area contributed by atoms with E-state index in [2.05, 4.69) is 15.5 Å². The van der Waals surface area contributed by atoms with Crippen LogP contribution in [0.2, 0.25) is 0 Å². The number of amides is 1. The molecule has 0 aliphatic carbocycles. The normalized spacial score (nSPS) is 15.3. The number of nitrogens with one attached hydrogen (secondary N) is 2. The molecule has 1 aromatic heterocycles. The number of H-pyrrole nitrogens is 1. The van der Waals surface area contributed by atoms with E-state index in [0.717, 1.165) is 62.3 Å². The molecule has 0 unspecified atom stereocenters. The first kappa shape index (κ1) is 17.6. The van der Waals surface area contributed by atoms with Gasteiger partial charge in [-0.3, -0.25) is 9.89 Å². The Balaban J connectivity index is 1.48. The van der Waals surface area contributed by atoms with E-state index in [0.29, 0.717) is 0 Å². The molecule has 2 aromatic rings. The van der Waals surface area contributed by atoms with Gasteiger partial charge in [0.15, 0.2) is 0 Å². The fourth-order valence-corrected chi connectivity index (χ4v) is 3.28. The first-order valence-corrected chi connectivity index (χ1v) is 8.89. The van der Waals surface area contributed by atoms with Crippen LogP contribution in [0.4, 0.5) is 4.39 Å². The van der Waals surface area contributed by atoms with E-state index < -0.39 is 0 Å². The Bertz CT molecular complexity index is 709. The summed E-state index contributed by atoms with van der Waals surface area (Å²) in [6.45, 7) is 2.60. The average Bonchev–Trinajstić information content (AvgIpc) is 3.11. The molecule has 1 aliphatic rings. The van der Waals surface area contributed by atoms with Gasteiger partial charge in [-0.15, -0.1) is 0 Å². The Hall–Kier alpha value is -2.21. The molecular weight excluding hydrogens is 319 g/mol. The fourth-order valence-electron chi connectivity index (χ4n) is 3.28. The minimum atomic E-state index is -0.264. The molecule has 0 atom stereocenters. The van der Waals surface area contributed by atoms with Crippen molar-refractivity contribution in [2.45, 2.75) is 25.7 Å². The van der Waals surface area contributed by atoms with E-state index in [1.807, 2.05) is 24.1 Å². The van der Waals surface area contributed by atoms with Crippen LogP contribution in [0.15, 0.2) is 30.3 Å². The molecule has 0 spiro atoms. The number of aryl methyl sites for hydroxylation is 1. The number of aromatic amines is 1. The minimum Gasteiger partial charge on any atom is -0.346 e. The Labute approximate surface area is 147 Å². The molecule has 6 heteroatoms. The molecule has 3 rings (SSSR count). The Morgan fingerprint density at radius 3 is 2.88 bits per heavy atom. The van der Waals surface area contributed by atoms with Gasteiger partial charge < -0.3 is 10.2 Å². The molecule has 2 N–H and O–H groups in total. The van der Waals surface area contributed by atoms with Gasteiger partial charge in [-0.05, 0) is 57.0 Å². The maximum Gasteiger partial charge on any atom is 0.225 e. The third-order valence-electron chi connectivity index (χ3n) is 4.76. The van der Waals surface area contributed by atoms with Crippen molar-refractivity contribution in [1.29, 1.82) is 0 Å². The fraction of sp³-hybridized carbons (Fsp3) is 0.474. The van der Waals surface area contributed by atoms with Crippen LogP contribution >= 0.6 is 0 Å². The number of halogens is 1. The van der Waals surface area contributed by atoms with Crippen molar-refractivity contribution in [3.8, 4) is 11.3 Å². The predicted molar refractivity (Wildman–Crippen MR) is 95.5 cm³/mol. The van der Waals surface area contributed by atoms with Crippen molar-refractivity contribution in [3.05, 3.63) is 41.8 Å².